The van der Waals surface area contributed by atoms with E-state index >= 15 is 0 Å². The van der Waals surface area contributed by atoms with Crippen molar-refractivity contribution in [1.82, 2.24) is 0 Å². The fourth-order valence-corrected chi connectivity index (χ4v) is 2.84. The number of fused-ring (bicyclic) bond motifs is 1. The molecule has 1 aromatic rings. The molecule has 2 unspecified atom stereocenters. The average Bonchev–Trinajstić information content (AvgIpc) is 2.53. The molecule has 0 spiro atoms. The van der Waals surface area contributed by atoms with Crippen LogP contribution < -0.4 is 5.32 Å². The summed E-state index contributed by atoms with van der Waals surface area (Å²) in [6.45, 7) is 1.85. The molecular weight excluding hydrogens is 254 g/mol. The molecule has 4 nitrogen and oxygen atoms in total. The van der Waals surface area contributed by atoms with Gasteiger partial charge in [0.05, 0.1) is 12.0 Å². The summed E-state index contributed by atoms with van der Waals surface area (Å²) in [5, 5.41) is 3.30. The molecule has 4 heteroatoms. The zero-order chi connectivity index (χ0) is 13.8. The van der Waals surface area contributed by atoms with Gasteiger partial charge in [0.25, 0.3) is 0 Å². The van der Waals surface area contributed by atoms with Crippen LogP contribution in [-0.4, -0.2) is 31.8 Å². The highest BCUT2D eigenvalue weighted by molar-refractivity contribution is 5.75. The molecule has 1 N–H and O–H groups in total. The fourth-order valence-electron chi connectivity index (χ4n) is 2.84. The molecule has 1 aromatic carbocycles. The van der Waals surface area contributed by atoms with Crippen molar-refractivity contribution >= 4 is 11.7 Å². The molecule has 3 rings (SSSR count). The number of ether oxygens (including phenoxy) is 2. The lowest BCUT2D eigenvalue weighted by Gasteiger charge is -2.26. The second kappa shape index (κ2) is 6.27. The Kier molecular flexibility index (Phi) is 4.21. The lowest BCUT2D eigenvalue weighted by atomic mass is 9.94. The van der Waals surface area contributed by atoms with Crippen LogP contribution in [0.1, 0.15) is 24.8 Å². The number of benzene rings is 1. The van der Waals surface area contributed by atoms with Gasteiger partial charge in [-0.2, -0.15) is 0 Å². The molecule has 2 aliphatic heterocycles. The largest absolute Gasteiger partial charge is 0.463 e. The van der Waals surface area contributed by atoms with Gasteiger partial charge in [-0.3, -0.25) is 4.79 Å². The van der Waals surface area contributed by atoms with Crippen molar-refractivity contribution in [3.05, 3.63) is 29.8 Å². The van der Waals surface area contributed by atoms with Gasteiger partial charge in [-0.25, -0.2) is 0 Å². The Hall–Kier alpha value is -1.55. The third kappa shape index (κ3) is 3.12. The first-order chi connectivity index (χ1) is 9.83. The number of anilines is 1. The zero-order valence-electron chi connectivity index (χ0n) is 11.6. The Labute approximate surface area is 119 Å². The minimum Gasteiger partial charge on any atom is -0.463 e. The first-order valence-corrected chi connectivity index (χ1v) is 7.43. The van der Waals surface area contributed by atoms with Gasteiger partial charge < -0.3 is 14.8 Å². The molecule has 0 aliphatic carbocycles. The minimum atomic E-state index is -0.110. The van der Waals surface area contributed by atoms with Gasteiger partial charge in [-0.05, 0) is 37.3 Å². The van der Waals surface area contributed by atoms with Crippen molar-refractivity contribution in [2.75, 3.05) is 25.1 Å². The molecule has 2 atom stereocenters. The maximum absolute atomic E-state index is 12.1. The maximum Gasteiger partial charge on any atom is 0.311 e. The molecular formula is C16H21NO3. The topological polar surface area (TPSA) is 47.6 Å². The monoisotopic (exact) mass is 275 g/mol. The molecule has 1 saturated heterocycles. The second-order valence-electron chi connectivity index (χ2n) is 5.56. The van der Waals surface area contributed by atoms with Gasteiger partial charge >= 0.3 is 5.97 Å². The Morgan fingerprint density at radius 1 is 1.35 bits per heavy atom. The van der Waals surface area contributed by atoms with Gasteiger partial charge in [0.15, 0.2) is 0 Å². The Morgan fingerprint density at radius 3 is 3.10 bits per heavy atom. The predicted octanol–water partition coefficient (Wildman–Crippen LogP) is 2.38. The predicted molar refractivity (Wildman–Crippen MR) is 76.7 cm³/mol. The highest BCUT2D eigenvalue weighted by atomic mass is 16.6. The SMILES string of the molecule is O=C(OCC1CCCCO1)C1CNc2ccccc2C1. The van der Waals surface area contributed by atoms with Crippen LogP contribution in [0.5, 0.6) is 0 Å². The highest BCUT2D eigenvalue weighted by Gasteiger charge is 2.26. The van der Waals surface area contributed by atoms with Gasteiger partial charge in [0, 0.05) is 18.8 Å². The van der Waals surface area contributed by atoms with Crippen molar-refractivity contribution < 1.29 is 14.3 Å². The number of carbonyl (C=O) groups excluding carboxylic acids is 1. The van der Waals surface area contributed by atoms with Crippen LogP contribution in [0, 0.1) is 5.92 Å². The summed E-state index contributed by atoms with van der Waals surface area (Å²) in [7, 11) is 0. The van der Waals surface area contributed by atoms with E-state index in [1.165, 1.54) is 12.0 Å². The van der Waals surface area contributed by atoms with Gasteiger partial charge in [-0.1, -0.05) is 18.2 Å². The van der Waals surface area contributed by atoms with E-state index < -0.39 is 0 Å². The second-order valence-corrected chi connectivity index (χ2v) is 5.56. The number of para-hydroxylation sites is 1. The van der Waals surface area contributed by atoms with Crippen LogP contribution in [0.2, 0.25) is 0 Å². The lowest BCUT2D eigenvalue weighted by molar-refractivity contribution is -0.153. The molecule has 1 fully saturated rings. The van der Waals surface area contributed by atoms with Crippen LogP contribution in [0.15, 0.2) is 24.3 Å². The first-order valence-electron chi connectivity index (χ1n) is 7.43. The standard InChI is InChI=1S/C16H21NO3/c18-16(20-11-14-6-3-4-8-19-14)13-9-12-5-1-2-7-15(12)17-10-13/h1-2,5,7,13-14,17H,3-4,6,8-11H2. The summed E-state index contributed by atoms with van der Waals surface area (Å²) in [4.78, 5) is 12.1. The van der Waals surface area contributed by atoms with Crippen molar-refractivity contribution in [3.8, 4) is 0 Å². The highest BCUT2D eigenvalue weighted by Crippen LogP contribution is 2.25. The summed E-state index contributed by atoms with van der Waals surface area (Å²) < 4.78 is 11.0. The number of carbonyl (C=O) groups is 1. The molecule has 2 aliphatic rings. The van der Waals surface area contributed by atoms with Crippen LogP contribution in [-0.2, 0) is 20.7 Å². The zero-order valence-corrected chi connectivity index (χ0v) is 11.6. The molecule has 0 saturated carbocycles. The third-order valence-electron chi connectivity index (χ3n) is 4.04. The van der Waals surface area contributed by atoms with E-state index in [1.807, 2.05) is 18.2 Å². The molecule has 0 radical (unpaired) electrons. The molecule has 0 aromatic heterocycles. The number of hydrogen-bond acceptors (Lipinski definition) is 4. The average molecular weight is 275 g/mol. The quantitative estimate of drug-likeness (QED) is 0.860. The summed E-state index contributed by atoms with van der Waals surface area (Å²) >= 11 is 0. The number of rotatable bonds is 3. The number of esters is 1. The van der Waals surface area contributed by atoms with E-state index in [9.17, 15) is 4.79 Å². The summed E-state index contributed by atoms with van der Waals surface area (Å²) in [5.41, 5.74) is 2.32. The molecule has 0 bridgehead atoms. The summed E-state index contributed by atoms with van der Waals surface area (Å²) in [6, 6.07) is 8.12. The molecule has 2 heterocycles. The van der Waals surface area contributed by atoms with Crippen LogP contribution in [0.3, 0.4) is 0 Å². The van der Waals surface area contributed by atoms with Crippen LogP contribution >= 0.6 is 0 Å². The molecule has 0 amide bonds. The summed E-state index contributed by atoms with van der Waals surface area (Å²) in [5.74, 6) is -0.199. The normalized spacial score (nSPS) is 25.4. The van der Waals surface area contributed by atoms with Gasteiger partial charge in [0.2, 0.25) is 0 Å². The number of hydrogen-bond donors (Lipinski definition) is 1. The Balaban J connectivity index is 1.51. The van der Waals surface area contributed by atoms with Crippen LogP contribution in [0.4, 0.5) is 5.69 Å². The van der Waals surface area contributed by atoms with Crippen molar-refractivity contribution in [1.29, 1.82) is 0 Å². The van der Waals surface area contributed by atoms with Gasteiger partial charge in [0.1, 0.15) is 6.61 Å². The smallest absolute Gasteiger partial charge is 0.311 e. The first kappa shape index (κ1) is 13.4. The van der Waals surface area contributed by atoms with Crippen molar-refractivity contribution in [2.24, 2.45) is 5.92 Å². The lowest BCUT2D eigenvalue weighted by Crippen LogP contribution is -2.33. The molecule has 108 valence electrons. The Morgan fingerprint density at radius 2 is 2.25 bits per heavy atom. The van der Waals surface area contributed by atoms with Gasteiger partial charge in [-0.15, -0.1) is 0 Å². The van der Waals surface area contributed by atoms with E-state index in [4.69, 9.17) is 9.47 Å². The minimum absolute atomic E-state index is 0.0894. The van der Waals surface area contributed by atoms with Crippen LogP contribution in [0.25, 0.3) is 0 Å². The number of nitrogens with one attached hydrogen (secondary N) is 1. The van der Waals surface area contributed by atoms with E-state index in [-0.39, 0.29) is 18.0 Å². The molecule has 20 heavy (non-hydrogen) atoms. The fraction of sp³-hybridized carbons (Fsp3) is 0.562. The van der Waals surface area contributed by atoms with Crippen molar-refractivity contribution in [2.45, 2.75) is 31.8 Å². The van der Waals surface area contributed by atoms with E-state index in [0.717, 1.165) is 31.6 Å². The summed E-state index contributed by atoms with van der Waals surface area (Å²) in [6.07, 6.45) is 4.14. The van der Waals surface area contributed by atoms with Crippen molar-refractivity contribution in [3.63, 3.8) is 0 Å². The van der Waals surface area contributed by atoms with E-state index in [2.05, 4.69) is 11.4 Å². The van der Waals surface area contributed by atoms with E-state index in [0.29, 0.717) is 13.2 Å². The third-order valence-corrected chi connectivity index (χ3v) is 4.04. The maximum atomic E-state index is 12.1. The van der Waals surface area contributed by atoms with E-state index in [1.54, 1.807) is 0 Å². The Bertz CT molecular complexity index is 469.